The van der Waals surface area contributed by atoms with Gasteiger partial charge in [-0.2, -0.15) is 5.10 Å². The lowest BCUT2D eigenvalue weighted by Gasteiger charge is -2.07. The van der Waals surface area contributed by atoms with Crippen molar-refractivity contribution in [2.24, 2.45) is 5.10 Å². The van der Waals surface area contributed by atoms with Crippen LogP contribution >= 0.6 is 11.8 Å². The molecule has 0 radical (unpaired) electrons. The second-order valence-electron chi connectivity index (χ2n) is 6.79. The lowest BCUT2D eigenvalue weighted by Crippen LogP contribution is -2.20. The summed E-state index contributed by atoms with van der Waals surface area (Å²) in [7, 11) is 0. The van der Waals surface area contributed by atoms with Crippen LogP contribution < -0.4 is 5.43 Å². The zero-order valence-electron chi connectivity index (χ0n) is 16.8. The summed E-state index contributed by atoms with van der Waals surface area (Å²) < 4.78 is 2.01. The summed E-state index contributed by atoms with van der Waals surface area (Å²) in [5, 5.41) is 14.4. The zero-order valence-corrected chi connectivity index (χ0v) is 17.6. The summed E-state index contributed by atoms with van der Waals surface area (Å²) in [6.45, 7) is 4.81. The Bertz CT molecular complexity index is 1190. The minimum Gasteiger partial charge on any atom is -0.361 e. The number of amides is 1. The lowest BCUT2D eigenvalue weighted by atomic mass is 10.1. The van der Waals surface area contributed by atoms with Gasteiger partial charge in [-0.3, -0.25) is 4.79 Å². The van der Waals surface area contributed by atoms with Gasteiger partial charge >= 0.3 is 0 Å². The molecule has 0 aliphatic carbocycles. The molecule has 0 aliphatic rings. The molecule has 0 aliphatic heterocycles. The van der Waals surface area contributed by atoms with Gasteiger partial charge in [0.05, 0.1) is 12.0 Å². The molecule has 1 amide bonds. The number of thioether (sulfide) groups is 1. The van der Waals surface area contributed by atoms with Crippen molar-refractivity contribution in [3.05, 3.63) is 65.9 Å². The quantitative estimate of drug-likeness (QED) is 0.270. The standard InChI is InChI=1S/C22H22N6OS/c1-3-28-21(16-10-8-15(2)9-11-16)26-27-22(28)30-14-20(29)25-24-13-17-12-23-19-7-5-4-6-18(17)19/h4-13,23H,3,14H2,1-2H3,(H,25,29)/b24-13-. The van der Waals surface area contributed by atoms with Gasteiger partial charge in [0, 0.05) is 34.8 Å². The van der Waals surface area contributed by atoms with Gasteiger partial charge in [0.15, 0.2) is 11.0 Å². The Balaban J connectivity index is 1.37. The van der Waals surface area contributed by atoms with Crippen LogP contribution in [0.3, 0.4) is 0 Å². The van der Waals surface area contributed by atoms with Gasteiger partial charge in [-0.05, 0) is 19.9 Å². The molecule has 0 saturated carbocycles. The second-order valence-corrected chi connectivity index (χ2v) is 7.73. The minimum atomic E-state index is -0.196. The minimum absolute atomic E-state index is 0.196. The van der Waals surface area contributed by atoms with Crippen LogP contribution in [0.25, 0.3) is 22.3 Å². The Morgan fingerprint density at radius 2 is 2.00 bits per heavy atom. The SMILES string of the molecule is CCn1c(SCC(=O)N/N=C\c2c[nH]c3ccccc23)nnc1-c1ccc(C)cc1. The molecule has 0 bridgehead atoms. The van der Waals surface area contributed by atoms with E-state index in [0.717, 1.165) is 34.4 Å². The first kappa shape index (κ1) is 19.9. The molecule has 2 aromatic heterocycles. The molecule has 4 aromatic rings. The number of hydrazone groups is 1. The molecule has 4 rings (SSSR count). The molecule has 8 heteroatoms. The first-order valence-electron chi connectivity index (χ1n) is 9.66. The monoisotopic (exact) mass is 418 g/mol. The molecule has 0 atom stereocenters. The molecular weight excluding hydrogens is 396 g/mol. The molecule has 152 valence electrons. The highest BCUT2D eigenvalue weighted by atomic mass is 32.2. The van der Waals surface area contributed by atoms with Crippen molar-refractivity contribution in [3.63, 3.8) is 0 Å². The number of aromatic nitrogens is 4. The highest BCUT2D eigenvalue weighted by Gasteiger charge is 2.14. The fraction of sp³-hybridized carbons (Fsp3) is 0.182. The van der Waals surface area contributed by atoms with E-state index in [0.29, 0.717) is 5.16 Å². The molecule has 2 aromatic carbocycles. The lowest BCUT2D eigenvalue weighted by molar-refractivity contribution is -0.118. The maximum Gasteiger partial charge on any atom is 0.250 e. The van der Waals surface area contributed by atoms with Crippen LogP contribution in [0.5, 0.6) is 0 Å². The molecule has 0 fully saturated rings. The van der Waals surface area contributed by atoms with Gasteiger partial charge in [0.25, 0.3) is 5.91 Å². The number of hydrogen-bond donors (Lipinski definition) is 2. The van der Waals surface area contributed by atoms with Gasteiger partial charge < -0.3 is 9.55 Å². The first-order chi connectivity index (χ1) is 14.7. The van der Waals surface area contributed by atoms with Crippen molar-refractivity contribution < 1.29 is 4.79 Å². The van der Waals surface area contributed by atoms with Gasteiger partial charge in [0.1, 0.15) is 0 Å². The number of H-pyrrole nitrogens is 1. The van der Waals surface area contributed by atoms with Gasteiger partial charge in [-0.25, -0.2) is 5.43 Å². The summed E-state index contributed by atoms with van der Waals surface area (Å²) in [5.74, 6) is 0.813. The fourth-order valence-corrected chi connectivity index (χ4v) is 3.93. The number of carbonyl (C=O) groups excluding carboxylic acids is 1. The van der Waals surface area contributed by atoms with Gasteiger partial charge in [0.2, 0.25) is 0 Å². The normalized spacial score (nSPS) is 11.4. The van der Waals surface area contributed by atoms with Gasteiger partial charge in [-0.15, -0.1) is 10.2 Å². The average Bonchev–Trinajstić information content (AvgIpc) is 3.37. The fourth-order valence-electron chi connectivity index (χ4n) is 3.13. The van der Waals surface area contributed by atoms with Crippen LogP contribution in [-0.4, -0.2) is 37.6 Å². The second kappa shape index (κ2) is 8.96. The summed E-state index contributed by atoms with van der Waals surface area (Å²) in [6, 6.07) is 16.1. The number of nitrogens with one attached hydrogen (secondary N) is 2. The zero-order chi connectivity index (χ0) is 20.9. The number of carbonyl (C=O) groups is 1. The molecule has 2 heterocycles. The first-order valence-corrected chi connectivity index (χ1v) is 10.7. The highest BCUT2D eigenvalue weighted by molar-refractivity contribution is 7.99. The van der Waals surface area contributed by atoms with E-state index >= 15 is 0 Å². The maximum absolute atomic E-state index is 12.2. The van der Waals surface area contributed by atoms with E-state index in [1.165, 1.54) is 17.3 Å². The van der Waals surface area contributed by atoms with Crippen molar-refractivity contribution in [1.29, 1.82) is 0 Å². The van der Waals surface area contributed by atoms with Crippen LogP contribution in [0.15, 0.2) is 65.0 Å². The van der Waals surface area contributed by atoms with E-state index in [4.69, 9.17) is 0 Å². The van der Waals surface area contributed by atoms with E-state index in [1.807, 2.05) is 54.1 Å². The number of benzene rings is 2. The Kier molecular flexibility index (Phi) is 5.94. The summed E-state index contributed by atoms with van der Waals surface area (Å²) >= 11 is 1.35. The van der Waals surface area contributed by atoms with Crippen molar-refractivity contribution >= 4 is 34.8 Å². The van der Waals surface area contributed by atoms with E-state index in [9.17, 15) is 4.79 Å². The third-order valence-electron chi connectivity index (χ3n) is 4.69. The topological polar surface area (TPSA) is 88.0 Å². The van der Waals surface area contributed by atoms with Crippen molar-refractivity contribution in [2.45, 2.75) is 25.5 Å². The molecular formula is C22H22N6OS. The Morgan fingerprint density at radius 1 is 1.20 bits per heavy atom. The molecule has 0 unspecified atom stereocenters. The Morgan fingerprint density at radius 3 is 2.80 bits per heavy atom. The third kappa shape index (κ3) is 4.28. The number of hydrogen-bond acceptors (Lipinski definition) is 5. The van der Waals surface area contributed by atoms with Crippen molar-refractivity contribution in [1.82, 2.24) is 25.2 Å². The summed E-state index contributed by atoms with van der Waals surface area (Å²) in [6.07, 6.45) is 3.51. The van der Waals surface area contributed by atoms with Crippen LogP contribution in [0.4, 0.5) is 0 Å². The number of fused-ring (bicyclic) bond motifs is 1. The number of para-hydroxylation sites is 1. The van der Waals surface area contributed by atoms with Crippen LogP contribution in [0.1, 0.15) is 18.1 Å². The van der Waals surface area contributed by atoms with E-state index in [-0.39, 0.29) is 11.7 Å². The molecule has 30 heavy (non-hydrogen) atoms. The average molecular weight is 419 g/mol. The predicted octanol–water partition coefficient (Wildman–Crippen LogP) is 4.00. The number of nitrogens with zero attached hydrogens (tertiary/aromatic N) is 4. The predicted molar refractivity (Wildman–Crippen MR) is 121 cm³/mol. The van der Waals surface area contributed by atoms with E-state index in [1.54, 1.807) is 6.21 Å². The largest absolute Gasteiger partial charge is 0.361 e. The van der Waals surface area contributed by atoms with E-state index in [2.05, 4.69) is 44.8 Å². The molecule has 7 nitrogen and oxygen atoms in total. The third-order valence-corrected chi connectivity index (χ3v) is 5.66. The van der Waals surface area contributed by atoms with Crippen LogP contribution in [-0.2, 0) is 11.3 Å². The van der Waals surface area contributed by atoms with Crippen molar-refractivity contribution in [3.8, 4) is 11.4 Å². The molecule has 2 N–H and O–H groups in total. The molecule has 0 saturated heterocycles. The van der Waals surface area contributed by atoms with Crippen LogP contribution in [0.2, 0.25) is 0 Å². The molecule has 0 spiro atoms. The summed E-state index contributed by atoms with van der Waals surface area (Å²) in [5.41, 5.74) is 6.74. The number of aryl methyl sites for hydroxylation is 1. The smallest absolute Gasteiger partial charge is 0.250 e. The van der Waals surface area contributed by atoms with Crippen LogP contribution in [0, 0.1) is 6.92 Å². The van der Waals surface area contributed by atoms with Gasteiger partial charge in [-0.1, -0.05) is 59.8 Å². The number of aromatic amines is 1. The maximum atomic E-state index is 12.2. The highest BCUT2D eigenvalue weighted by Crippen LogP contribution is 2.24. The van der Waals surface area contributed by atoms with E-state index < -0.39 is 0 Å². The Hall–Kier alpha value is -3.39. The Labute approximate surface area is 178 Å². The summed E-state index contributed by atoms with van der Waals surface area (Å²) in [4.78, 5) is 15.4. The van der Waals surface area contributed by atoms with Crippen molar-refractivity contribution in [2.75, 3.05) is 5.75 Å². The number of rotatable bonds is 7.